The number of hydrogen-bond donors (Lipinski definition) is 2. The maximum atomic E-state index is 11.6. The number of amides is 1. The Bertz CT molecular complexity index is 363. The van der Waals surface area contributed by atoms with Crippen LogP contribution in [0.5, 0.6) is 0 Å². The molecule has 1 atom stereocenters. The minimum Gasteiger partial charge on any atom is -0.352 e. The van der Waals surface area contributed by atoms with Gasteiger partial charge in [0.15, 0.2) is 0 Å². The maximum Gasteiger partial charge on any atom is 0.220 e. The fourth-order valence-corrected chi connectivity index (χ4v) is 1.60. The van der Waals surface area contributed by atoms with Crippen LogP contribution in [0.2, 0.25) is 0 Å². The molecule has 1 aromatic carbocycles. The molecule has 0 spiro atoms. The summed E-state index contributed by atoms with van der Waals surface area (Å²) >= 11 is 0. The van der Waals surface area contributed by atoms with E-state index in [2.05, 4.69) is 19.2 Å². The molecule has 0 aliphatic rings. The highest BCUT2D eigenvalue weighted by atomic mass is 16.1. The lowest BCUT2D eigenvalue weighted by Crippen LogP contribution is -2.24. The highest BCUT2D eigenvalue weighted by Crippen LogP contribution is 2.07. The standard InChI is InChI=1S/C14H22N2O/c1-3-11(2)7-14(17)16-10-13-6-4-5-12(8-13)9-15/h4-6,8,11H,3,7,9-10,15H2,1-2H3,(H,16,17). The van der Waals surface area contributed by atoms with Crippen molar-refractivity contribution in [2.24, 2.45) is 11.7 Å². The molecule has 0 aliphatic heterocycles. The molecule has 94 valence electrons. The first-order valence-corrected chi connectivity index (χ1v) is 6.20. The van der Waals surface area contributed by atoms with Gasteiger partial charge in [-0.1, -0.05) is 44.5 Å². The first-order valence-electron chi connectivity index (χ1n) is 6.20. The summed E-state index contributed by atoms with van der Waals surface area (Å²) < 4.78 is 0. The van der Waals surface area contributed by atoms with Crippen molar-refractivity contribution >= 4 is 5.91 Å². The van der Waals surface area contributed by atoms with Crippen molar-refractivity contribution in [3.05, 3.63) is 35.4 Å². The molecule has 0 heterocycles. The molecule has 0 saturated heterocycles. The third-order valence-corrected chi connectivity index (χ3v) is 2.95. The molecule has 1 amide bonds. The zero-order chi connectivity index (χ0) is 12.7. The highest BCUT2D eigenvalue weighted by Gasteiger charge is 2.06. The van der Waals surface area contributed by atoms with Crippen LogP contribution in [-0.4, -0.2) is 5.91 Å². The summed E-state index contributed by atoms with van der Waals surface area (Å²) in [5.74, 6) is 0.572. The fraction of sp³-hybridized carbons (Fsp3) is 0.500. The Morgan fingerprint density at radius 1 is 1.41 bits per heavy atom. The third-order valence-electron chi connectivity index (χ3n) is 2.95. The van der Waals surface area contributed by atoms with Crippen LogP contribution in [0.25, 0.3) is 0 Å². The van der Waals surface area contributed by atoms with Gasteiger partial charge >= 0.3 is 0 Å². The Hall–Kier alpha value is -1.35. The first-order chi connectivity index (χ1) is 8.15. The van der Waals surface area contributed by atoms with Crippen molar-refractivity contribution in [3.8, 4) is 0 Å². The smallest absolute Gasteiger partial charge is 0.220 e. The molecular formula is C14H22N2O. The summed E-state index contributed by atoms with van der Waals surface area (Å²) in [4.78, 5) is 11.6. The summed E-state index contributed by atoms with van der Waals surface area (Å²) in [6.07, 6.45) is 1.64. The Balaban J connectivity index is 2.41. The summed E-state index contributed by atoms with van der Waals surface area (Å²) in [5, 5.41) is 2.94. The molecule has 0 aliphatic carbocycles. The van der Waals surface area contributed by atoms with Crippen molar-refractivity contribution in [1.82, 2.24) is 5.32 Å². The second-order valence-electron chi connectivity index (χ2n) is 4.52. The average Bonchev–Trinajstić information content (AvgIpc) is 2.36. The normalized spacial score (nSPS) is 12.2. The molecule has 3 heteroatoms. The third kappa shape index (κ3) is 5.00. The number of benzene rings is 1. The maximum absolute atomic E-state index is 11.6. The minimum absolute atomic E-state index is 0.123. The molecule has 3 N–H and O–H groups in total. The lowest BCUT2D eigenvalue weighted by Gasteiger charge is -2.09. The SMILES string of the molecule is CCC(C)CC(=O)NCc1cccc(CN)c1. The summed E-state index contributed by atoms with van der Waals surface area (Å²) in [6, 6.07) is 8.00. The predicted molar refractivity (Wildman–Crippen MR) is 70.3 cm³/mol. The van der Waals surface area contributed by atoms with Gasteiger partial charge in [0.1, 0.15) is 0 Å². The number of rotatable bonds is 6. The van der Waals surface area contributed by atoms with Crippen LogP contribution in [0.4, 0.5) is 0 Å². The van der Waals surface area contributed by atoms with E-state index in [0.29, 0.717) is 25.4 Å². The van der Waals surface area contributed by atoms with Crippen LogP contribution < -0.4 is 11.1 Å². The predicted octanol–water partition coefficient (Wildman–Crippen LogP) is 2.20. The zero-order valence-electron chi connectivity index (χ0n) is 10.7. The van der Waals surface area contributed by atoms with Crippen molar-refractivity contribution in [2.45, 2.75) is 39.8 Å². The Morgan fingerprint density at radius 2 is 2.12 bits per heavy atom. The monoisotopic (exact) mass is 234 g/mol. The van der Waals surface area contributed by atoms with Crippen molar-refractivity contribution in [3.63, 3.8) is 0 Å². The van der Waals surface area contributed by atoms with Gasteiger partial charge in [-0.15, -0.1) is 0 Å². The van der Waals surface area contributed by atoms with E-state index in [1.54, 1.807) is 0 Å². The van der Waals surface area contributed by atoms with Crippen LogP contribution in [0.1, 0.15) is 37.8 Å². The Morgan fingerprint density at radius 3 is 2.76 bits per heavy atom. The molecule has 0 radical (unpaired) electrons. The van der Waals surface area contributed by atoms with Gasteiger partial charge in [-0.2, -0.15) is 0 Å². The van der Waals surface area contributed by atoms with Gasteiger partial charge in [0, 0.05) is 19.5 Å². The van der Waals surface area contributed by atoms with E-state index in [9.17, 15) is 4.79 Å². The van der Waals surface area contributed by atoms with Gasteiger partial charge in [-0.3, -0.25) is 4.79 Å². The second-order valence-corrected chi connectivity index (χ2v) is 4.52. The largest absolute Gasteiger partial charge is 0.352 e. The Kier molecular flexibility index (Phi) is 5.70. The molecule has 1 unspecified atom stereocenters. The zero-order valence-corrected chi connectivity index (χ0v) is 10.7. The lowest BCUT2D eigenvalue weighted by molar-refractivity contribution is -0.122. The van der Waals surface area contributed by atoms with E-state index >= 15 is 0 Å². The second kappa shape index (κ2) is 7.07. The highest BCUT2D eigenvalue weighted by molar-refractivity contribution is 5.76. The average molecular weight is 234 g/mol. The van der Waals surface area contributed by atoms with E-state index in [0.717, 1.165) is 17.5 Å². The molecule has 0 saturated carbocycles. The molecule has 1 rings (SSSR count). The van der Waals surface area contributed by atoms with E-state index < -0.39 is 0 Å². The number of nitrogens with two attached hydrogens (primary N) is 1. The van der Waals surface area contributed by atoms with Crippen LogP contribution in [0.3, 0.4) is 0 Å². The van der Waals surface area contributed by atoms with Gasteiger partial charge in [0.2, 0.25) is 5.91 Å². The van der Waals surface area contributed by atoms with Crippen LogP contribution in [0.15, 0.2) is 24.3 Å². The fourth-order valence-electron chi connectivity index (χ4n) is 1.60. The molecule has 0 bridgehead atoms. The number of hydrogen-bond acceptors (Lipinski definition) is 2. The van der Waals surface area contributed by atoms with Gasteiger partial charge in [-0.05, 0) is 17.0 Å². The summed E-state index contributed by atoms with van der Waals surface area (Å²) in [5.41, 5.74) is 7.77. The molecule has 17 heavy (non-hydrogen) atoms. The van der Waals surface area contributed by atoms with Gasteiger partial charge in [0.25, 0.3) is 0 Å². The summed E-state index contributed by atoms with van der Waals surface area (Å²) in [6.45, 7) is 5.31. The van der Waals surface area contributed by atoms with Crippen LogP contribution in [0, 0.1) is 5.92 Å². The number of carbonyl (C=O) groups is 1. The first kappa shape index (κ1) is 13.7. The van der Waals surface area contributed by atoms with E-state index in [1.165, 1.54) is 0 Å². The van der Waals surface area contributed by atoms with Gasteiger partial charge in [0.05, 0.1) is 0 Å². The Labute approximate surface area is 103 Å². The van der Waals surface area contributed by atoms with Crippen molar-refractivity contribution < 1.29 is 4.79 Å². The minimum atomic E-state index is 0.123. The number of carbonyl (C=O) groups excluding carboxylic acids is 1. The van der Waals surface area contributed by atoms with Crippen LogP contribution in [-0.2, 0) is 17.9 Å². The molecule has 0 aromatic heterocycles. The van der Waals surface area contributed by atoms with E-state index in [4.69, 9.17) is 5.73 Å². The summed E-state index contributed by atoms with van der Waals surface area (Å²) in [7, 11) is 0. The lowest BCUT2D eigenvalue weighted by atomic mass is 10.0. The quantitative estimate of drug-likeness (QED) is 0.792. The molecule has 1 aromatic rings. The van der Waals surface area contributed by atoms with E-state index in [-0.39, 0.29) is 5.91 Å². The van der Waals surface area contributed by atoms with Gasteiger partial charge in [-0.25, -0.2) is 0 Å². The van der Waals surface area contributed by atoms with Crippen molar-refractivity contribution in [2.75, 3.05) is 0 Å². The van der Waals surface area contributed by atoms with Crippen LogP contribution >= 0.6 is 0 Å². The van der Waals surface area contributed by atoms with Gasteiger partial charge < -0.3 is 11.1 Å². The topological polar surface area (TPSA) is 55.1 Å². The molecule has 3 nitrogen and oxygen atoms in total. The molecule has 0 fully saturated rings. The van der Waals surface area contributed by atoms with E-state index in [1.807, 2.05) is 24.3 Å². The van der Waals surface area contributed by atoms with Crippen molar-refractivity contribution in [1.29, 1.82) is 0 Å². The molecular weight excluding hydrogens is 212 g/mol. The number of nitrogens with one attached hydrogen (secondary N) is 1.